The van der Waals surface area contributed by atoms with E-state index in [4.69, 9.17) is 0 Å². The fourth-order valence-electron chi connectivity index (χ4n) is 1.98. The molecule has 1 N–H and O–H groups in total. The van der Waals surface area contributed by atoms with Gasteiger partial charge in [-0.2, -0.15) is 0 Å². The van der Waals surface area contributed by atoms with Crippen molar-refractivity contribution in [1.29, 1.82) is 0 Å². The summed E-state index contributed by atoms with van der Waals surface area (Å²) in [6.45, 7) is 1.48. The molecule has 0 aliphatic rings. The fourth-order valence-corrected chi connectivity index (χ4v) is 2.31. The molecule has 0 aromatic heterocycles. The van der Waals surface area contributed by atoms with E-state index in [0.29, 0.717) is 4.47 Å². The Morgan fingerprint density at radius 1 is 1.10 bits per heavy atom. The summed E-state index contributed by atoms with van der Waals surface area (Å²) in [7, 11) is 0. The summed E-state index contributed by atoms with van der Waals surface area (Å²) in [6, 6.07) is 6.70. The highest BCUT2D eigenvalue weighted by molar-refractivity contribution is 9.10. The average Bonchev–Trinajstić information content (AvgIpc) is 2.38. The Morgan fingerprint density at radius 3 is 2.45 bits per heavy atom. The summed E-state index contributed by atoms with van der Waals surface area (Å²) in [5.41, 5.74) is 0.00468. The number of halogens is 4. The summed E-state index contributed by atoms with van der Waals surface area (Å²) in [6.07, 6.45) is -1.64. The summed E-state index contributed by atoms with van der Waals surface area (Å²) in [5.74, 6) is -2.17. The van der Waals surface area contributed by atoms with Gasteiger partial charge < -0.3 is 5.11 Å². The van der Waals surface area contributed by atoms with Crippen molar-refractivity contribution in [3.8, 4) is 0 Å². The second kappa shape index (κ2) is 5.97. The van der Waals surface area contributed by atoms with Gasteiger partial charge in [0.15, 0.2) is 0 Å². The quantitative estimate of drug-likeness (QED) is 0.871. The lowest BCUT2D eigenvalue weighted by Crippen LogP contribution is -2.09. The van der Waals surface area contributed by atoms with Gasteiger partial charge in [0.25, 0.3) is 0 Å². The van der Waals surface area contributed by atoms with Crippen LogP contribution in [0.5, 0.6) is 0 Å². The highest BCUT2D eigenvalue weighted by Gasteiger charge is 2.21. The van der Waals surface area contributed by atoms with Gasteiger partial charge in [0.05, 0.1) is 11.7 Å². The first-order chi connectivity index (χ1) is 9.40. The largest absolute Gasteiger partial charge is 0.388 e. The first kappa shape index (κ1) is 15.1. The Labute approximate surface area is 123 Å². The molecule has 0 spiro atoms. The molecule has 1 atom stereocenters. The van der Waals surface area contributed by atoms with E-state index < -0.39 is 29.1 Å². The first-order valence-electron chi connectivity index (χ1n) is 5.96. The van der Waals surface area contributed by atoms with Crippen LogP contribution in [0.2, 0.25) is 0 Å². The maximum absolute atomic E-state index is 13.9. The first-order valence-corrected chi connectivity index (χ1v) is 6.76. The smallest absolute Gasteiger partial charge is 0.134 e. The number of hydrogen-bond acceptors (Lipinski definition) is 1. The van der Waals surface area contributed by atoms with Crippen molar-refractivity contribution in [3.05, 3.63) is 68.9 Å². The molecule has 0 saturated carbocycles. The predicted molar refractivity (Wildman–Crippen MR) is 73.9 cm³/mol. The summed E-state index contributed by atoms with van der Waals surface area (Å²) < 4.78 is 41.8. The van der Waals surface area contributed by atoms with Crippen molar-refractivity contribution in [3.63, 3.8) is 0 Å². The predicted octanol–water partition coefficient (Wildman–Crippen LogP) is 4.45. The SMILES string of the molecule is Cc1ccc(F)c(C(O)Cc2ccc(Br)cc2F)c1F. The molecule has 106 valence electrons. The van der Waals surface area contributed by atoms with Crippen LogP contribution in [0, 0.1) is 24.4 Å². The van der Waals surface area contributed by atoms with E-state index in [2.05, 4.69) is 15.9 Å². The average molecular weight is 345 g/mol. The van der Waals surface area contributed by atoms with Crippen LogP contribution in [0.4, 0.5) is 13.2 Å². The molecular formula is C15H12BrF3O. The third-order valence-electron chi connectivity index (χ3n) is 3.08. The molecule has 2 aromatic rings. The van der Waals surface area contributed by atoms with Crippen LogP contribution in [-0.2, 0) is 6.42 Å². The van der Waals surface area contributed by atoms with Crippen LogP contribution in [0.15, 0.2) is 34.8 Å². The maximum Gasteiger partial charge on any atom is 0.134 e. The fraction of sp³-hybridized carbons (Fsp3) is 0.200. The molecule has 1 nitrogen and oxygen atoms in total. The zero-order valence-corrected chi connectivity index (χ0v) is 12.2. The van der Waals surface area contributed by atoms with Crippen LogP contribution >= 0.6 is 15.9 Å². The topological polar surface area (TPSA) is 20.2 Å². The van der Waals surface area contributed by atoms with Gasteiger partial charge in [0.1, 0.15) is 17.5 Å². The van der Waals surface area contributed by atoms with Gasteiger partial charge in [-0.3, -0.25) is 0 Å². The molecule has 0 aliphatic heterocycles. The lowest BCUT2D eigenvalue weighted by atomic mass is 9.98. The van der Waals surface area contributed by atoms with E-state index >= 15 is 0 Å². The van der Waals surface area contributed by atoms with Crippen LogP contribution in [0.3, 0.4) is 0 Å². The van der Waals surface area contributed by atoms with Crippen LogP contribution < -0.4 is 0 Å². The maximum atomic E-state index is 13.9. The Bertz CT molecular complexity index is 643. The number of hydrogen-bond donors (Lipinski definition) is 1. The van der Waals surface area contributed by atoms with Gasteiger partial charge in [0.2, 0.25) is 0 Å². The summed E-state index contributed by atoms with van der Waals surface area (Å²) in [5, 5.41) is 10.00. The third kappa shape index (κ3) is 3.04. The number of benzene rings is 2. The number of rotatable bonds is 3. The van der Waals surface area contributed by atoms with Crippen LogP contribution in [-0.4, -0.2) is 5.11 Å². The molecule has 5 heteroatoms. The Kier molecular flexibility index (Phi) is 4.50. The van der Waals surface area contributed by atoms with Crippen molar-refractivity contribution >= 4 is 15.9 Å². The van der Waals surface area contributed by atoms with Gasteiger partial charge in [-0.05, 0) is 36.2 Å². The molecular weight excluding hydrogens is 333 g/mol. The van der Waals surface area contributed by atoms with Crippen molar-refractivity contribution in [1.82, 2.24) is 0 Å². The van der Waals surface area contributed by atoms with Gasteiger partial charge in [0, 0.05) is 10.9 Å². The third-order valence-corrected chi connectivity index (χ3v) is 3.57. The van der Waals surface area contributed by atoms with Crippen molar-refractivity contribution in [2.45, 2.75) is 19.4 Å². The molecule has 0 aliphatic carbocycles. The summed E-state index contributed by atoms with van der Waals surface area (Å²) >= 11 is 3.12. The minimum atomic E-state index is -1.44. The normalized spacial score (nSPS) is 12.5. The monoisotopic (exact) mass is 344 g/mol. The highest BCUT2D eigenvalue weighted by atomic mass is 79.9. The van der Waals surface area contributed by atoms with Crippen molar-refractivity contribution < 1.29 is 18.3 Å². The van der Waals surface area contributed by atoms with E-state index in [-0.39, 0.29) is 17.5 Å². The van der Waals surface area contributed by atoms with E-state index in [1.807, 2.05) is 0 Å². The molecule has 20 heavy (non-hydrogen) atoms. The van der Waals surface area contributed by atoms with Gasteiger partial charge in [-0.1, -0.05) is 28.1 Å². The van der Waals surface area contributed by atoms with Gasteiger partial charge in [-0.25, -0.2) is 13.2 Å². The van der Waals surface area contributed by atoms with Gasteiger partial charge in [-0.15, -0.1) is 0 Å². The molecule has 2 aromatic carbocycles. The molecule has 0 heterocycles. The Balaban J connectivity index is 2.33. The zero-order chi connectivity index (χ0) is 14.9. The van der Waals surface area contributed by atoms with Crippen molar-refractivity contribution in [2.24, 2.45) is 0 Å². The molecule has 0 radical (unpaired) electrons. The minimum Gasteiger partial charge on any atom is -0.388 e. The van der Waals surface area contributed by atoms with Crippen LogP contribution in [0.1, 0.15) is 22.8 Å². The Hall–Kier alpha value is -1.33. The number of aliphatic hydroxyl groups excluding tert-OH is 1. The molecule has 0 bridgehead atoms. The molecule has 1 unspecified atom stereocenters. The number of aliphatic hydroxyl groups is 1. The Morgan fingerprint density at radius 2 is 1.80 bits per heavy atom. The van der Waals surface area contributed by atoms with Gasteiger partial charge >= 0.3 is 0 Å². The van der Waals surface area contributed by atoms with E-state index in [0.717, 1.165) is 6.07 Å². The van der Waals surface area contributed by atoms with Crippen molar-refractivity contribution in [2.75, 3.05) is 0 Å². The lowest BCUT2D eigenvalue weighted by Gasteiger charge is -2.15. The van der Waals surface area contributed by atoms with E-state index in [9.17, 15) is 18.3 Å². The van der Waals surface area contributed by atoms with E-state index in [1.54, 1.807) is 6.07 Å². The highest BCUT2D eigenvalue weighted by Crippen LogP contribution is 2.27. The number of aryl methyl sites for hydroxylation is 1. The van der Waals surface area contributed by atoms with Crippen LogP contribution in [0.25, 0.3) is 0 Å². The standard InChI is InChI=1S/C15H12BrF3O/c1-8-2-5-11(17)14(15(8)19)13(20)6-9-3-4-10(16)7-12(9)18/h2-5,7,13,20H,6H2,1H3. The lowest BCUT2D eigenvalue weighted by molar-refractivity contribution is 0.167. The van der Waals surface area contributed by atoms with E-state index in [1.165, 1.54) is 25.1 Å². The molecule has 0 amide bonds. The molecule has 0 fully saturated rings. The molecule has 2 rings (SSSR count). The zero-order valence-electron chi connectivity index (χ0n) is 10.6. The second-order valence-corrected chi connectivity index (χ2v) is 5.46. The summed E-state index contributed by atoms with van der Waals surface area (Å²) in [4.78, 5) is 0. The second-order valence-electron chi connectivity index (χ2n) is 4.55. The minimum absolute atomic E-state index is 0.195. The molecule has 0 saturated heterocycles.